The van der Waals surface area contributed by atoms with Gasteiger partial charge in [0.25, 0.3) is 0 Å². The lowest BCUT2D eigenvalue weighted by atomic mass is 9.80. The molecule has 0 aromatic heterocycles. The zero-order chi connectivity index (χ0) is 17.8. The lowest BCUT2D eigenvalue weighted by molar-refractivity contribution is 0.187. The van der Waals surface area contributed by atoms with Crippen LogP contribution in [0, 0.1) is 20.8 Å². The Morgan fingerprint density at radius 2 is 1.76 bits per heavy atom. The molecule has 132 valence electrons. The van der Waals surface area contributed by atoms with Gasteiger partial charge in [-0.1, -0.05) is 48.0 Å². The van der Waals surface area contributed by atoms with Gasteiger partial charge < -0.3 is 5.11 Å². The molecule has 25 heavy (non-hydrogen) atoms. The summed E-state index contributed by atoms with van der Waals surface area (Å²) in [5.41, 5.74) is 7.76. The van der Waals surface area contributed by atoms with Crippen molar-refractivity contribution < 1.29 is 5.11 Å². The topological polar surface area (TPSA) is 32.6 Å². The Morgan fingerprint density at radius 1 is 1.04 bits per heavy atom. The van der Waals surface area contributed by atoms with E-state index in [0.717, 1.165) is 18.4 Å². The standard InChI is InChI=1S/C23H29NO/c1-16-6-4-8-20(14-16)23(25)15-24-21-12-10-19(11-13-21)22-9-5-7-17(2)18(22)3/h4-9,14,19,23,25H,10-13,15H2,1-3H3. The van der Waals surface area contributed by atoms with Gasteiger partial charge in [0.1, 0.15) is 0 Å². The number of hydrogen-bond acceptors (Lipinski definition) is 2. The predicted octanol–water partition coefficient (Wildman–Crippen LogP) is 5.44. The molecule has 0 amide bonds. The van der Waals surface area contributed by atoms with Gasteiger partial charge in [-0.25, -0.2) is 0 Å². The summed E-state index contributed by atoms with van der Waals surface area (Å²) in [5.74, 6) is 0.653. The van der Waals surface area contributed by atoms with Crippen molar-refractivity contribution in [3.63, 3.8) is 0 Å². The van der Waals surface area contributed by atoms with Crippen molar-refractivity contribution in [2.45, 2.75) is 58.5 Å². The van der Waals surface area contributed by atoms with Gasteiger partial charge in [-0.15, -0.1) is 0 Å². The second-order valence-corrected chi connectivity index (χ2v) is 7.40. The van der Waals surface area contributed by atoms with Crippen molar-refractivity contribution in [2.24, 2.45) is 4.99 Å². The van der Waals surface area contributed by atoms with Crippen LogP contribution in [-0.2, 0) is 0 Å². The van der Waals surface area contributed by atoms with E-state index in [1.54, 1.807) is 0 Å². The van der Waals surface area contributed by atoms with Gasteiger partial charge >= 0.3 is 0 Å². The summed E-state index contributed by atoms with van der Waals surface area (Å²) in [7, 11) is 0. The molecule has 0 radical (unpaired) electrons. The summed E-state index contributed by atoms with van der Waals surface area (Å²) < 4.78 is 0. The van der Waals surface area contributed by atoms with Crippen LogP contribution < -0.4 is 0 Å². The number of benzene rings is 2. The third-order valence-corrected chi connectivity index (χ3v) is 5.56. The monoisotopic (exact) mass is 335 g/mol. The van der Waals surface area contributed by atoms with Gasteiger partial charge in [0.2, 0.25) is 0 Å². The van der Waals surface area contributed by atoms with Crippen LogP contribution in [0.1, 0.15) is 65.5 Å². The molecule has 0 saturated heterocycles. The molecule has 2 aromatic carbocycles. The van der Waals surface area contributed by atoms with E-state index in [-0.39, 0.29) is 0 Å². The smallest absolute Gasteiger partial charge is 0.0985 e. The molecule has 1 atom stereocenters. The maximum Gasteiger partial charge on any atom is 0.0985 e. The zero-order valence-corrected chi connectivity index (χ0v) is 15.6. The number of aliphatic hydroxyl groups is 1. The van der Waals surface area contributed by atoms with Crippen LogP contribution in [0.25, 0.3) is 0 Å². The van der Waals surface area contributed by atoms with Crippen molar-refractivity contribution in [2.75, 3.05) is 6.54 Å². The molecule has 0 heterocycles. The lowest BCUT2D eigenvalue weighted by Gasteiger charge is -2.26. The lowest BCUT2D eigenvalue weighted by Crippen LogP contribution is -2.15. The molecule has 1 aliphatic carbocycles. The maximum absolute atomic E-state index is 10.4. The van der Waals surface area contributed by atoms with E-state index in [2.05, 4.69) is 45.0 Å². The van der Waals surface area contributed by atoms with Crippen LogP contribution in [0.3, 0.4) is 0 Å². The Morgan fingerprint density at radius 3 is 2.48 bits per heavy atom. The minimum absolute atomic E-state index is 0.479. The van der Waals surface area contributed by atoms with Gasteiger partial charge in [0.15, 0.2) is 0 Å². The normalized spacial score (nSPS) is 18.9. The number of hydrogen-bond donors (Lipinski definition) is 1. The Labute approximate surface area is 151 Å². The molecule has 1 N–H and O–H groups in total. The summed E-state index contributed by atoms with van der Waals surface area (Å²) in [6.45, 7) is 6.97. The average Bonchev–Trinajstić information content (AvgIpc) is 2.62. The van der Waals surface area contributed by atoms with Crippen LogP contribution >= 0.6 is 0 Å². The summed E-state index contributed by atoms with van der Waals surface area (Å²) in [5, 5.41) is 10.4. The van der Waals surface area contributed by atoms with E-state index in [1.165, 1.54) is 40.8 Å². The Balaban J connectivity index is 1.58. The summed E-state index contributed by atoms with van der Waals surface area (Å²) >= 11 is 0. The highest BCUT2D eigenvalue weighted by molar-refractivity contribution is 5.85. The van der Waals surface area contributed by atoms with E-state index < -0.39 is 6.10 Å². The molecular formula is C23H29NO. The van der Waals surface area contributed by atoms with Crippen molar-refractivity contribution in [3.05, 3.63) is 70.3 Å². The Hall–Kier alpha value is -1.93. The van der Waals surface area contributed by atoms with Crippen LogP contribution in [0.5, 0.6) is 0 Å². The first-order valence-electron chi connectivity index (χ1n) is 9.37. The van der Waals surface area contributed by atoms with Crippen molar-refractivity contribution >= 4 is 5.71 Å². The van der Waals surface area contributed by atoms with Gasteiger partial charge in [-0.2, -0.15) is 0 Å². The SMILES string of the molecule is Cc1cccc(C(O)CN=C2CCC(c3cccc(C)c3C)CC2)c1. The van der Waals surface area contributed by atoms with E-state index in [1.807, 2.05) is 18.2 Å². The fourth-order valence-corrected chi connectivity index (χ4v) is 3.83. The quantitative estimate of drug-likeness (QED) is 0.792. The number of aryl methyl sites for hydroxylation is 2. The van der Waals surface area contributed by atoms with Gasteiger partial charge in [-0.05, 0) is 74.6 Å². The highest BCUT2D eigenvalue weighted by atomic mass is 16.3. The highest BCUT2D eigenvalue weighted by Gasteiger charge is 2.21. The largest absolute Gasteiger partial charge is 0.386 e. The third-order valence-electron chi connectivity index (χ3n) is 5.56. The van der Waals surface area contributed by atoms with Gasteiger partial charge in [-0.3, -0.25) is 4.99 Å². The van der Waals surface area contributed by atoms with Crippen LogP contribution in [0.2, 0.25) is 0 Å². The molecule has 1 saturated carbocycles. The first kappa shape index (κ1) is 17.9. The first-order valence-corrected chi connectivity index (χ1v) is 9.37. The predicted molar refractivity (Wildman–Crippen MR) is 106 cm³/mol. The van der Waals surface area contributed by atoms with E-state index in [0.29, 0.717) is 12.5 Å². The van der Waals surface area contributed by atoms with Gasteiger partial charge in [0.05, 0.1) is 12.6 Å². The molecule has 1 aliphatic rings. The zero-order valence-electron chi connectivity index (χ0n) is 15.6. The molecule has 0 spiro atoms. The second kappa shape index (κ2) is 7.97. The first-order chi connectivity index (χ1) is 12.0. The average molecular weight is 335 g/mol. The molecule has 1 unspecified atom stereocenters. The van der Waals surface area contributed by atoms with Crippen LogP contribution in [0.4, 0.5) is 0 Å². The second-order valence-electron chi connectivity index (χ2n) is 7.40. The summed E-state index contributed by atoms with van der Waals surface area (Å²) in [4.78, 5) is 4.72. The molecule has 0 aliphatic heterocycles. The third kappa shape index (κ3) is 4.38. The van der Waals surface area contributed by atoms with Gasteiger partial charge in [0, 0.05) is 5.71 Å². The number of nitrogens with zero attached hydrogens (tertiary/aromatic N) is 1. The fraction of sp³-hybridized carbons (Fsp3) is 0.435. The van der Waals surface area contributed by atoms with E-state index in [4.69, 9.17) is 4.99 Å². The van der Waals surface area contributed by atoms with E-state index in [9.17, 15) is 5.11 Å². The Kier molecular flexibility index (Phi) is 5.70. The molecule has 2 heteroatoms. The highest BCUT2D eigenvalue weighted by Crippen LogP contribution is 2.34. The van der Waals surface area contributed by atoms with Crippen molar-refractivity contribution in [1.29, 1.82) is 0 Å². The summed E-state index contributed by atoms with van der Waals surface area (Å²) in [6.07, 6.45) is 3.95. The minimum Gasteiger partial charge on any atom is -0.386 e. The molecular weight excluding hydrogens is 306 g/mol. The van der Waals surface area contributed by atoms with Crippen molar-refractivity contribution in [1.82, 2.24) is 0 Å². The number of aliphatic hydroxyl groups excluding tert-OH is 1. The fourth-order valence-electron chi connectivity index (χ4n) is 3.83. The number of aliphatic imine (C=N–C) groups is 1. The minimum atomic E-state index is -0.496. The molecule has 2 nitrogen and oxygen atoms in total. The molecule has 2 aromatic rings. The molecule has 1 fully saturated rings. The van der Waals surface area contributed by atoms with Crippen LogP contribution in [-0.4, -0.2) is 17.4 Å². The Bertz CT molecular complexity index is 752. The maximum atomic E-state index is 10.4. The number of rotatable bonds is 4. The summed E-state index contributed by atoms with van der Waals surface area (Å²) in [6, 6.07) is 14.7. The van der Waals surface area contributed by atoms with E-state index >= 15 is 0 Å². The van der Waals surface area contributed by atoms with Crippen molar-refractivity contribution in [3.8, 4) is 0 Å². The molecule has 3 rings (SSSR count). The molecule has 0 bridgehead atoms. The van der Waals surface area contributed by atoms with Crippen LogP contribution in [0.15, 0.2) is 47.5 Å².